The Balaban J connectivity index is 3.54. The molecule has 12 heavy (non-hydrogen) atoms. The maximum absolute atomic E-state index is 2.35. The molecule has 0 fully saturated rings. The predicted molar refractivity (Wildman–Crippen MR) is 56.4 cm³/mol. The van der Waals surface area contributed by atoms with Crippen molar-refractivity contribution in [1.29, 1.82) is 0 Å². The summed E-state index contributed by atoms with van der Waals surface area (Å²) in [6.07, 6.45) is 2.68. The SMILES string of the molecule is CC(C)[C@H](C)CC[C@H](C)N(C)C. The van der Waals surface area contributed by atoms with Crippen LogP contribution < -0.4 is 0 Å². The van der Waals surface area contributed by atoms with Gasteiger partial charge in [-0.1, -0.05) is 20.8 Å². The zero-order valence-electron chi connectivity index (χ0n) is 9.59. The number of nitrogens with zero attached hydrogens (tertiary/aromatic N) is 1. The summed E-state index contributed by atoms with van der Waals surface area (Å²) in [5.74, 6) is 1.70. The molecule has 0 aliphatic carbocycles. The molecule has 0 aromatic heterocycles. The molecule has 0 unspecified atom stereocenters. The Bertz CT molecular complexity index is 93.6. The lowest BCUT2D eigenvalue weighted by molar-refractivity contribution is 0.266. The Morgan fingerprint density at radius 1 is 0.917 bits per heavy atom. The van der Waals surface area contributed by atoms with Gasteiger partial charge in [0.2, 0.25) is 0 Å². The van der Waals surface area contributed by atoms with Crippen LogP contribution in [0.15, 0.2) is 0 Å². The highest BCUT2D eigenvalue weighted by Gasteiger charge is 2.10. The third-order valence-electron chi connectivity index (χ3n) is 3.06. The van der Waals surface area contributed by atoms with Crippen LogP contribution >= 0.6 is 0 Å². The lowest BCUT2D eigenvalue weighted by Crippen LogP contribution is -2.25. The number of hydrogen-bond acceptors (Lipinski definition) is 1. The molecular formula is C11H25N. The maximum Gasteiger partial charge on any atom is 0.00609 e. The van der Waals surface area contributed by atoms with Gasteiger partial charge in [0, 0.05) is 6.04 Å². The topological polar surface area (TPSA) is 3.24 Å². The molecule has 0 heterocycles. The first-order valence-corrected chi connectivity index (χ1v) is 5.11. The Morgan fingerprint density at radius 2 is 1.42 bits per heavy atom. The molecule has 74 valence electrons. The van der Waals surface area contributed by atoms with Gasteiger partial charge in [0.1, 0.15) is 0 Å². The van der Waals surface area contributed by atoms with Gasteiger partial charge in [0.15, 0.2) is 0 Å². The maximum atomic E-state index is 2.35. The van der Waals surface area contributed by atoms with Gasteiger partial charge in [-0.3, -0.25) is 0 Å². The fraction of sp³-hybridized carbons (Fsp3) is 1.00. The third kappa shape index (κ3) is 4.76. The fourth-order valence-electron chi connectivity index (χ4n) is 1.10. The molecule has 2 atom stereocenters. The highest BCUT2D eigenvalue weighted by Crippen LogP contribution is 2.17. The fourth-order valence-corrected chi connectivity index (χ4v) is 1.10. The van der Waals surface area contributed by atoms with Crippen LogP contribution in [0.25, 0.3) is 0 Å². The van der Waals surface area contributed by atoms with Crippen LogP contribution in [0.4, 0.5) is 0 Å². The first-order chi connectivity index (χ1) is 5.45. The van der Waals surface area contributed by atoms with Gasteiger partial charge in [0.25, 0.3) is 0 Å². The van der Waals surface area contributed by atoms with E-state index < -0.39 is 0 Å². The van der Waals surface area contributed by atoms with Gasteiger partial charge < -0.3 is 4.90 Å². The molecule has 0 aliphatic rings. The van der Waals surface area contributed by atoms with E-state index in [4.69, 9.17) is 0 Å². The van der Waals surface area contributed by atoms with Crippen molar-refractivity contribution >= 4 is 0 Å². The Hall–Kier alpha value is -0.0400. The van der Waals surface area contributed by atoms with Crippen LogP contribution in [0.3, 0.4) is 0 Å². The lowest BCUT2D eigenvalue weighted by Gasteiger charge is -2.22. The molecule has 0 aromatic carbocycles. The largest absolute Gasteiger partial charge is 0.307 e. The van der Waals surface area contributed by atoms with E-state index in [1.165, 1.54) is 12.8 Å². The minimum Gasteiger partial charge on any atom is -0.307 e. The highest BCUT2D eigenvalue weighted by molar-refractivity contribution is 4.64. The first-order valence-electron chi connectivity index (χ1n) is 5.11. The van der Waals surface area contributed by atoms with Gasteiger partial charge >= 0.3 is 0 Å². The zero-order valence-corrected chi connectivity index (χ0v) is 9.59. The smallest absolute Gasteiger partial charge is 0.00609 e. The third-order valence-corrected chi connectivity index (χ3v) is 3.06. The second-order valence-electron chi connectivity index (χ2n) is 4.61. The molecule has 1 nitrogen and oxygen atoms in total. The van der Waals surface area contributed by atoms with Crippen molar-refractivity contribution in [2.75, 3.05) is 14.1 Å². The molecule has 0 saturated carbocycles. The second kappa shape index (κ2) is 5.58. The normalized spacial score (nSPS) is 17.0. The van der Waals surface area contributed by atoms with Crippen LogP contribution in [-0.2, 0) is 0 Å². The molecule has 0 aromatic rings. The quantitative estimate of drug-likeness (QED) is 0.614. The predicted octanol–water partition coefficient (Wildman–Crippen LogP) is 3.01. The van der Waals surface area contributed by atoms with E-state index in [-0.39, 0.29) is 0 Å². The summed E-state index contributed by atoms with van der Waals surface area (Å²) in [4.78, 5) is 2.30. The van der Waals surface area contributed by atoms with Crippen molar-refractivity contribution in [2.45, 2.75) is 46.6 Å². The standard InChI is InChI=1S/C11H25N/c1-9(2)10(3)7-8-11(4)12(5)6/h9-11H,7-8H2,1-6H3/t10-,11+/m1/s1. The van der Waals surface area contributed by atoms with Crippen LogP contribution in [0, 0.1) is 11.8 Å². The molecule has 0 aliphatic heterocycles. The van der Waals surface area contributed by atoms with Gasteiger partial charge in [-0.05, 0) is 45.7 Å². The van der Waals surface area contributed by atoms with Crippen molar-refractivity contribution in [2.24, 2.45) is 11.8 Å². The summed E-state index contributed by atoms with van der Waals surface area (Å²) in [7, 11) is 4.31. The molecule has 1 heteroatoms. The average molecular weight is 171 g/mol. The van der Waals surface area contributed by atoms with E-state index in [0.29, 0.717) is 0 Å². The van der Waals surface area contributed by atoms with E-state index in [0.717, 1.165) is 17.9 Å². The Kier molecular flexibility index (Phi) is 5.56. The average Bonchev–Trinajstić information content (AvgIpc) is 1.98. The molecule has 0 spiro atoms. The van der Waals surface area contributed by atoms with E-state index in [1.54, 1.807) is 0 Å². The minimum absolute atomic E-state index is 0.728. The monoisotopic (exact) mass is 171 g/mol. The molecule has 0 rings (SSSR count). The van der Waals surface area contributed by atoms with Crippen LogP contribution in [0.1, 0.15) is 40.5 Å². The Labute approximate surface area is 78.1 Å². The molecule has 0 bridgehead atoms. The molecule has 0 radical (unpaired) electrons. The zero-order chi connectivity index (χ0) is 9.72. The van der Waals surface area contributed by atoms with Gasteiger partial charge in [0.05, 0.1) is 0 Å². The summed E-state index contributed by atoms with van der Waals surface area (Å²) < 4.78 is 0. The molecule has 0 N–H and O–H groups in total. The molecule has 0 amide bonds. The molecule has 0 saturated heterocycles. The van der Waals surface area contributed by atoms with Gasteiger partial charge in [-0.15, -0.1) is 0 Å². The Morgan fingerprint density at radius 3 is 1.75 bits per heavy atom. The van der Waals surface area contributed by atoms with Gasteiger partial charge in [-0.25, -0.2) is 0 Å². The van der Waals surface area contributed by atoms with E-state index in [2.05, 4.69) is 46.7 Å². The lowest BCUT2D eigenvalue weighted by atomic mass is 9.92. The van der Waals surface area contributed by atoms with E-state index in [9.17, 15) is 0 Å². The summed E-state index contributed by atoms with van der Waals surface area (Å²) in [5, 5.41) is 0. The summed E-state index contributed by atoms with van der Waals surface area (Å²) >= 11 is 0. The first kappa shape index (κ1) is 12.0. The van der Waals surface area contributed by atoms with Crippen LogP contribution in [-0.4, -0.2) is 25.0 Å². The number of hydrogen-bond donors (Lipinski definition) is 0. The van der Waals surface area contributed by atoms with E-state index in [1.807, 2.05) is 0 Å². The van der Waals surface area contributed by atoms with Gasteiger partial charge in [-0.2, -0.15) is 0 Å². The van der Waals surface area contributed by atoms with Crippen molar-refractivity contribution < 1.29 is 0 Å². The van der Waals surface area contributed by atoms with Crippen molar-refractivity contribution in [3.63, 3.8) is 0 Å². The summed E-state index contributed by atoms with van der Waals surface area (Å²) in [6.45, 7) is 9.27. The molecular weight excluding hydrogens is 146 g/mol. The highest BCUT2D eigenvalue weighted by atomic mass is 15.1. The van der Waals surface area contributed by atoms with Crippen LogP contribution in [0.2, 0.25) is 0 Å². The minimum atomic E-state index is 0.728. The van der Waals surface area contributed by atoms with Crippen LogP contribution in [0.5, 0.6) is 0 Å². The van der Waals surface area contributed by atoms with Crippen molar-refractivity contribution in [1.82, 2.24) is 4.90 Å². The number of rotatable bonds is 5. The van der Waals surface area contributed by atoms with Crippen molar-refractivity contribution in [3.8, 4) is 0 Å². The summed E-state index contributed by atoms with van der Waals surface area (Å²) in [6, 6.07) is 0.728. The summed E-state index contributed by atoms with van der Waals surface area (Å²) in [5.41, 5.74) is 0. The van der Waals surface area contributed by atoms with Crippen molar-refractivity contribution in [3.05, 3.63) is 0 Å². The second-order valence-corrected chi connectivity index (χ2v) is 4.61. The van der Waals surface area contributed by atoms with E-state index >= 15 is 0 Å².